The number of hydrogen-bond acceptors (Lipinski definition) is 3. The topological polar surface area (TPSA) is 49.8 Å². The van der Waals surface area contributed by atoms with Crippen molar-refractivity contribution in [3.8, 4) is 5.75 Å². The Hall–Kier alpha value is -1.55. The van der Waals surface area contributed by atoms with Crippen LogP contribution in [0.15, 0.2) is 18.2 Å². The average Bonchev–Trinajstić information content (AvgIpc) is 2.37. The van der Waals surface area contributed by atoms with Crippen molar-refractivity contribution in [1.29, 1.82) is 0 Å². The highest BCUT2D eigenvalue weighted by Gasteiger charge is 2.29. The van der Waals surface area contributed by atoms with E-state index in [1.165, 1.54) is 0 Å². The third-order valence-corrected chi connectivity index (χ3v) is 3.51. The van der Waals surface area contributed by atoms with Gasteiger partial charge in [-0.25, -0.2) is 0 Å². The first-order valence-corrected chi connectivity index (χ1v) is 6.27. The van der Waals surface area contributed by atoms with Crippen LogP contribution >= 0.6 is 0 Å². The predicted octanol–water partition coefficient (Wildman–Crippen LogP) is 1.92. The maximum absolute atomic E-state index is 11.8. The number of carbonyl (C=O) groups excluding carboxylic acids is 1. The summed E-state index contributed by atoms with van der Waals surface area (Å²) in [5.74, 6) is 0.801. The third kappa shape index (κ3) is 2.08. The van der Waals surface area contributed by atoms with Crippen molar-refractivity contribution in [3.63, 3.8) is 0 Å². The van der Waals surface area contributed by atoms with Crippen molar-refractivity contribution in [2.24, 2.45) is 0 Å². The van der Waals surface area contributed by atoms with Crippen LogP contribution in [0, 0.1) is 0 Å². The number of likely N-dealkylation sites (N-methyl/N-ethyl adjacent to an activating group) is 1. The molecule has 0 bridgehead atoms. The summed E-state index contributed by atoms with van der Waals surface area (Å²) in [6, 6.07) is 5.76. The Morgan fingerprint density at radius 2 is 2.22 bits per heavy atom. The molecule has 98 valence electrons. The van der Waals surface area contributed by atoms with Crippen LogP contribution in [0.3, 0.4) is 0 Å². The largest absolute Gasteiger partial charge is 0.479 e. The normalized spacial score (nSPS) is 20.3. The van der Waals surface area contributed by atoms with E-state index in [4.69, 9.17) is 4.74 Å². The molecule has 1 aromatic rings. The minimum atomic E-state index is -0.452. The van der Waals surface area contributed by atoms with Crippen LogP contribution in [0.25, 0.3) is 0 Å². The van der Waals surface area contributed by atoms with Gasteiger partial charge in [-0.05, 0) is 31.0 Å². The molecule has 2 rings (SSSR count). The minimum Gasteiger partial charge on any atom is -0.479 e. The summed E-state index contributed by atoms with van der Waals surface area (Å²) in [6.45, 7) is 3.91. The molecule has 0 saturated carbocycles. The third-order valence-electron chi connectivity index (χ3n) is 3.51. The van der Waals surface area contributed by atoms with Gasteiger partial charge in [0.15, 0.2) is 6.10 Å². The number of aliphatic hydroxyl groups is 1. The lowest BCUT2D eigenvalue weighted by atomic mass is 9.96. The lowest BCUT2D eigenvalue weighted by Crippen LogP contribution is -2.42. The van der Waals surface area contributed by atoms with E-state index in [2.05, 4.69) is 0 Å². The van der Waals surface area contributed by atoms with Crippen LogP contribution in [-0.4, -0.2) is 30.8 Å². The standard InChI is InChI=1S/C14H19NO3/c1-4-10(8-16)11-5-6-12-13(7-11)18-9(2)14(17)15(12)3/h5-7,9-10,16H,4,8H2,1-3H3. The molecule has 0 spiro atoms. The van der Waals surface area contributed by atoms with Gasteiger partial charge in [-0.15, -0.1) is 0 Å². The fourth-order valence-electron chi connectivity index (χ4n) is 2.26. The van der Waals surface area contributed by atoms with Gasteiger partial charge in [-0.2, -0.15) is 0 Å². The van der Waals surface area contributed by atoms with Crippen molar-refractivity contribution >= 4 is 11.6 Å². The molecule has 18 heavy (non-hydrogen) atoms. The first kappa shape index (κ1) is 12.9. The summed E-state index contributed by atoms with van der Waals surface area (Å²) in [6.07, 6.45) is 0.423. The first-order valence-electron chi connectivity index (χ1n) is 6.27. The van der Waals surface area contributed by atoms with Crippen molar-refractivity contribution in [1.82, 2.24) is 0 Å². The van der Waals surface area contributed by atoms with E-state index in [1.54, 1.807) is 18.9 Å². The molecule has 4 heteroatoms. The van der Waals surface area contributed by atoms with Gasteiger partial charge in [-0.3, -0.25) is 4.79 Å². The Balaban J connectivity index is 2.38. The first-order chi connectivity index (χ1) is 8.58. The molecular weight excluding hydrogens is 230 g/mol. The number of aliphatic hydroxyl groups excluding tert-OH is 1. The number of fused-ring (bicyclic) bond motifs is 1. The van der Waals surface area contributed by atoms with Gasteiger partial charge in [0, 0.05) is 19.6 Å². The number of ether oxygens (including phenoxy) is 1. The number of nitrogens with zero attached hydrogens (tertiary/aromatic N) is 1. The highest BCUT2D eigenvalue weighted by Crippen LogP contribution is 2.36. The van der Waals surface area contributed by atoms with E-state index in [1.807, 2.05) is 25.1 Å². The Labute approximate surface area is 107 Å². The SMILES string of the molecule is CCC(CO)c1ccc2c(c1)OC(C)C(=O)N2C. The highest BCUT2D eigenvalue weighted by molar-refractivity contribution is 5.99. The second kappa shape index (κ2) is 4.98. The second-order valence-electron chi connectivity index (χ2n) is 4.67. The molecule has 1 heterocycles. The lowest BCUT2D eigenvalue weighted by molar-refractivity contribution is -0.125. The quantitative estimate of drug-likeness (QED) is 0.890. The van der Waals surface area contributed by atoms with E-state index >= 15 is 0 Å². The molecule has 1 aliphatic heterocycles. The van der Waals surface area contributed by atoms with E-state index in [0.717, 1.165) is 17.7 Å². The number of hydrogen-bond donors (Lipinski definition) is 1. The Kier molecular flexibility index (Phi) is 3.57. The average molecular weight is 249 g/mol. The minimum absolute atomic E-state index is 0.0375. The molecule has 0 saturated heterocycles. The summed E-state index contributed by atoms with van der Waals surface area (Å²) in [5, 5.41) is 9.32. The van der Waals surface area contributed by atoms with Crippen LogP contribution in [0.5, 0.6) is 5.75 Å². The Morgan fingerprint density at radius 1 is 1.50 bits per heavy atom. The van der Waals surface area contributed by atoms with Crippen molar-refractivity contribution in [2.75, 3.05) is 18.6 Å². The summed E-state index contributed by atoms with van der Waals surface area (Å²) in [7, 11) is 1.75. The van der Waals surface area contributed by atoms with Crippen molar-refractivity contribution < 1.29 is 14.6 Å². The van der Waals surface area contributed by atoms with E-state index in [9.17, 15) is 9.90 Å². The second-order valence-corrected chi connectivity index (χ2v) is 4.67. The van der Waals surface area contributed by atoms with Gasteiger partial charge in [0.05, 0.1) is 5.69 Å². The zero-order valence-corrected chi connectivity index (χ0v) is 11.0. The van der Waals surface area contributed by atoms with E-state index in [0.29, 0.717) is 5.75 Å². The number of amides is 1. The summed E-state index contributed by atoms with van der Waals surface area (Å²) < 4.78 is 5.62. The van der Waals surface area contributed by atoms with Crippen molar-refractivity contribution in [3.05, 3.63) is 23.8 Å². The zero-order chi connectivity index (χ0) is 13.3. The predicted molar refractivity (Wildman–Crippen MR) is 70.1 cm³/mol. The van der Waals surface area contributed by atoms with Crippen LogP contribution in [0.4, 0.5) is 5.69 Å². The summed E-state index contributed by atoms with van der Waals surface area (Å²) >= 11 is 0. The van der Waals surface area contributed by atoms with E-state index < -0.39 is 6.10 Å². The molecule has 1 aromatic carbocycles. The summed E-state index contributed by atoms with van der Waals surface area (Å²) in [4.78, 5) is 13.4. The zero-order valence-electron chi connectivity index (χ0n) is 11.0. The molecular formula is C14H19NO3. The lowest BCUT2D eigenvalue weighted by Gasteiger charge is -2.31. The Morgan fingerprint density at radius 3 is 2.83 bits per heavy atom. The van der Waals surface area contributed by atoms with Gasteiger partial charge in [-0.1, -0.05) is 13.0 Å². The van der Waals surface area contributed by atoms with Crippen LogP contribution < -0.4 is 9.64 Å². The molecule has 4 nitrogen and oxygen atoms in total. The molecule has 2 unspecified atom stereocenters. The molecule has 1 aliphatic rings. The molecule has 0 fully saturated rings. The number of rotatable bonds is 3. The van der Waals surface area contributed by atoms with Crippen LogP contribution in [-0.2, 0) is 4.79 Å². The molecule has 0 radical (unpaired) electrons. The van der Waals surface area contributed by atoms with Crippen LogP contribution in [0.2, 0.25) is 0 Å². The van der Waals surface area contributed by atoms with Gasteiger partial charge in [0.2, 0.25) is 0 Å². The van der Waals surface area contributed by atoms with Gasteiger partial charge in [0.25, 0.3) is 5.91 Å². The van der Waals surface area contributed by atoms with Gasteiger partial charge < -0.3 is 14.7 Å². The fourth-order valence-corrected chi connectivity index (χ4v) is 2.26. The van der Waals surface area contributed by atoms with Crippen molar-refractivity contribution in [2.45, 2.75) is 32.3 Å². The summed E-state index contributed by atoms with van der Waals surface area (Å²) in [5.41, 5.74) is 1.84. The number of carbonyl (C=O) groups is 1. The van der Waals surface area contributed by atoms with Crippen LogP contribution in [0.1, 0.15) is 31.7 Å². The fraction of sp³-hybridized carbons (Fsp3) is 0.500. The maximum Gasteiger partial charge on any atom is 0.267 e. The molecule has 2 atom stereocenters. The molecule has 0 aromatic heterocycles. The number of benzene rings is 1. The maximum atomic E-state index is 11.8. The van der Waals surface area contributed by atoms with E-state index in [-0.39, 0.29) is 18.4 Å². The highest BCUT2D eigenvalue weighted by atomic mass is 16.5. The Bertz CT molecular complexity index is 454. The molecule has 1 N–H and O–H groups in total. The number of anilines is 1. The van der Waals surface area contributed by atoms with Gasteiger partial charge >= 0.3 is 0 Å². The smallest absolute Gasteiger partial charge is 0.267 e. The monoisotopic (exact) mass is 249 g/mol. The molecule has 1 amide bonds. The molecule has 0 aliphatic carbocycles. The van der Waals surface area contributed by atoms with Gasteiger partial charge in [0.1, 0.15) is 5.75 Å².